The Morgan fingerprint density at radius 3 is 2.12 bits per heavy atom. The first-order valence-electron chi connectivity index (χ1n) is 5.74. The summed E-state index contributed by atoms with van der Waals surface area (Å²) in [6.07, 6.45) is 1.74. The van der Waals surface area contributed by atoms with E-state index in [1.165, 1.54) is 5.56 Å². The van der Waals surface area contributed by atoms with E-state index in [0.29, 0.717) is 0 Å². The predicted octanol–water partition coefficient (Wildman–Crippen LogP) is 4.26. The highest BCUT2D eigenvalue weighted by Crippen LogP contribution is 2.16. The van der Waals surface area contributed by atoms with E-state index < -0.39 is 0 Å². The zero-order valence-electron chi connectivity index (χ0n) is 9.55. The Balaban J connectivity index is 1.80. The Kier molecular flexibility index (Phi) is 4.45. The lowest BCUT2D eigenvalue weighted by atomic mass is 10.1. The van der Waals surface area contributed by atoms with Crippen molar-refractivity contribution in [3.8, 4) is 5.75 Å². The molecule has 0 saturated carbocycles. The van der Waals surface area contributed by atoms with Crippen LogP contribution in [0.25, 0.3) is 0 Å². The third-order valence-corrected chi connectivity index (χ3v) is 2.82. The van der Waals surface area contributed by atoms with E-state index in [1.54, 1.807) is 0 Å². The summed E-state index contributed by atoms with van der Waals surface area (Å²) in [4.78, 5) is 0. The summed E-state index contributed by atoms with van der Waals surface area (Å²) in [6, 6.07) is 20.0. The maximum atomic E-state index is 6.14. The second-order valence-corrected chi connectivity index (χ2v) is 4.35. The molecule has 1 unspecified atom stereocenters. The minimum absolute atomic E-state index is 0.280. The molecule has 2 aromatic carbocycles. The number of ether oxygens (including phenoxy) is 1. The predicted molar refractivity (Wildman–Crippen MR) is 71.5 cm³/mol. The van der Waals surface area contributed by atoms with Gasteiger partial charge in [0.25, 0.3) is 0 Å². The van der Waals surface area contributed by atoms with E-state index in [4.69, 9.17) is 16.3 Å². The lowest BCUT2D eigenvalue weighted by molar-refractivity contribution is 0.270. The normalized spacial score (nSPS) is 12.1. The lowest BCUT2D eigenvalue weighted by Crippen LogP contribution is -2.09. The molecule has 0 aliphatic carbocycles. The van der Waals surface area contributed by atoms with Crippen LogP contribution in [0.1, 0.15) is 12.0 Å². The van der Waals surface area contributed by atoms with Crippen molar-refractivity contribution in [2.75, 3.05) is 0 Å². The minimum atomic E-state index is -0.280. The van der Waals surface area contributed by atoms with Crippen molar-refractivity contribution in [2.24, 2.45) is 0 Å². The molecule has 0 aliphatic heterocycles. The zero-order chi connectivity index (χ0) is 11.9. The molecule has 0 aromatic heterocycles. The fourth-order valence-corrected chi connectivity index (χ4v) is 1.84. The summed E-state index contributed by atoms with van der Waals surface area (Å²) in [5.41, 5.74) is 1.01. The van der Waals surface area contributed by atoms with Gasteiger partial charge in [-0.05, 0) is 24.1 Å². The molecule has 0 heterocycles. The van der Waals surface area contributed by atoms with Crippen LogP contribution in [-0.4, -0.2) is 5.56 Å². The van der Waals surface area contributed by atoms with Crippen LogP contribution in [0.2, 0.25) is 0 Å². The topological polar surface area (TPSA) is 9.23 Å². The summed E-state index contributed by atoms with van der Waals surface area (Å²) in [6.45, 7) is 0. The van der Waals surface area contributed by atoms with Crippen LogP contribution < -0.4 is 4.74 Å². The summed E-state index contributed by atoms with van der Waals surface area (Å²) in [5.74, 6) is 0.820. The quantitative estimate of drug-likeness (QED) is 0.716. The highest BCUT2D eigenvalue weighted by molar-refractivity contribution is 6.19. The average Bonchev–Trinajstić information content (AvgIpc) is 2.39. The molecule has 17 heavy (non-hydrogen) atoms. The number of benzene rings is 2. The van der Waals surface area contributed by atoms with E-state index in [9.17, 15) is 0 Å². The van der Waals surface area contributed by atoms with Crippen molar-refractivity contribution in [1.29, 1.82) is 0 Å². The molecule has 0 bridgehead atoms. The first kappa shape index (κ1) is 12.0. The molecule has 0 radical (unpaired) electrons. The molecule has 88 valence electrons. The van der Waals surface area contributed by atoms with E-state index in [-0.39, 0.29) is 5.56 Å². The van der Waals surface area contributed by atoms with Gasteiger partial charge in [-0.2, -0.15) is 0 Å². The van der Waals surface area contributed by atoms with E-state index in [1.807, 2.05) is 48.5 Å². The van der Waals surface area contributed by atoms with Crippen molar-refractivity contribution < 1.29 is 4.74 Å². The van der Waals surface area contributed by atoms with E-state index in [0.717, 1.165) is 18.6 Å². The van der Waals surface area contributed by atoms with Gasteiger partial charge in [-0.15, -0.1) is 0 Å². The van der Waals surface area contributed by atoms with E-state index >= 15 is 0 Å². The molecule has 2 heteroatoms. The molecule has 0 aliphatic rings. The third-order valence-electron chi connectivity index (χ3n) is 2.51. The first-order valence-corrected chi connectivity index (χ1v) is 6.18. The average molecular weight is 247 g/mol. The number of aryl methyl sites for hydroxylation is 1. The van der Waals surface area contributed by atoms with Crippen LogP contribution in [0.5, 0.6) is 5.75 Å². The Morgan fingerprint density at radius 1 is 0.882 bits per heavy atom. The van der Waals surface area contributed by atoms with Gasteiger partial charge < -0.3 is 4.74 Å². The molecule has 1 atom stereocenters. The van der Waals surface area contributed by atoms with Crippen molar-refractivity contribution in [3.05, 3.63) is 66.2 Å². The number of hydrogen-bond donors (Lipinski definition) is 0. The summed E-state index contributed by atoms with van der Waals surface area (Å²) >= 11 is 6.14. The summed E-state index contributed by atoms with van der Waals surface area (Å²) < 4.78 is 5.60. The van der Waals surface area contributed by atoms with Crippen molar-refractivity contribution in [3.63, 3.8) is 0 Å². The Hall–Kier alpha value is -1.47. The summed E-state index contributed by atoms with van der Waals surface area (Å²) in [7, 11) is 0. The Labute approximate surface area is 107 Å². The van der Waals surface area contributed by atoms with Gasteiger partial charge in [0.05, 0.1) is 0 Å². The van der Waals surface area contributed by atoms with Gasteiger partial charge in [0.2, 0.25) is 0 Å². The Bertz CT molecular complexity index is 427. The highest BCUT2D eigenvalue weighted by atomic mass is 35.5. The maximum absolute atomic E-state index is 6.14. The second kappa shape index (κ2) is 6.31. The minimum Gasteiger partial charge on any atom is -0.475 e. The molecule has 0 fully saturated rings. The van der Waals surface area contributed by atoms with Crippen molar-refractivity contribution in [2.45, 2.75) is 18.4 Å². The smallest absolute Gasteiger partial charge is 0.172 e. The van der Waals surface area contributed by atoms with Gasteiger partial charge in [0.1, 0.15) is 5.75 Å². The fraction of sp³-hybridized carbons (Fsp3) is 0.200. The second-order valence-electron chi connectivity index (χ2n) is 3.87. The van der Waals surface area contributed by atoms with Gasteiger partial charge in [0, 0.05) is 6.42 Å². The SMILES string of the molecule is ClC(CCc1ccccc1)Oc1ccccc1. The molecular formula is C15H15ClO. The molecule has 2 rings (SSSR count). The molecular weight excluding hydrogens is 232 g/mol. The lowest BCUT2D eigenvalue weighted by Gasteiger charge is -2.12. The number of alkyl halides is 1. The van der Waals surface area contributed by atoms with Crippen LogP contribution in [-0.2, 0) is 6.42 Å². The van der Waals surface area contributed by atoms with Crippen LogP contribution >= 0.6 is 11.6 Å². The number of para-hydroxylation sites is 1. The zero-order valence-corrected chi connectivity index (χ0v) is 10.3. The Morgan fingerprint density at radius 2 is 1.47 bits per heavy atom. The van der Waals surface area contributed by atoms with Crippen LogP contribution in [0.4, 0.5) is 0 Å². The van der Waals surface area contributed by atoms with E-state index in [2.05, 4.69) is 12.1 Å². The molecule has 0 N–H and O–H groups in total. The molecule has 0 spiro atoms. The molecule has 0 amide bonds. The van der Waals surface area contributed by atoms with Crippen LogP contribution in [0, 0.1) is 0 Å². The van der Waals surface area contributed by atoms with Crippen molar-refractivity contribution >= 4 is 11.6 Å². The number of hydrogen-bond acceptors (Lipinski definition) is 1. The van der Waals surface area contributed by atoms with Crippen LogP contribution in [0.15, 0.2) is 60.7 Å². The van der Waals surface area contributed by atoms with Gasteiger partial charge in [-0.25, -0.2) is 0 Å². The van der Waals surface area contributed by atoms with Crippen LogP contribution in [0.3, 0.4) is 0 Å². The van der Waals surface area contributed by atoms with Gasteiger partial charge in [0.15, 0.2) is 5.56 Å². The first-order chi connectivity index (χ1) is 8.34. The maximum Gasteiger partial charge on any atom is 0.172 e. The molecule has 1 nitrogen and oxygen atoms in total. The summed E-state index contributed by atoms with van der Waals surface area (Å²) in [5, 5.41) is 0. The number of halogens is 1. The molecule has 0 saturated heterocycles. The molecule has 2 aromatic rings. The monoisotopic (exact) mass is 246 g/mol. The standard InChI is InChI=1S/C15H15ClO/c16-15(17-14-9-5-2-6-10-14)12-11-13-7-3-1-4-8-13/h1-10,15H,11-12H2. The highest BCUT2D eigenvalue weighted by Gasteiger charge is 2.06. The van der Waals surface area contributed by atoms with Gasteiger partial charge >= 0.3 is 0 Å². The van der Waals surface area contributed by atoms with Gasteiger partial charge in [-0.3, -0.25) is 0 Å². The largest absolute Gasteiger partial charge is 0.475 e. The fourth-order valence-electron chi connectivity index (χ4n) is 1.63. The van der Waals surface area contributed by atoms with Gasteiger partial charge in [-0.1, -0.05) is 60.1 Å². The third kappa shape index (κ3) is 4.12. The number of rotatable bonds is 5. The van der Waals surface area contributed by atoms with Crippen molar-refractivity contribution in [1.82, 2.24) is 0 Å².